The number of benzene rings is 2. The lowest BCUT2D eigenvalue weighted by Gasteiger charge is -2.27. The number of nitro benzene ring substituents is 1. The quantitative estimate of drug-likeness (QED) is 0.523. The fraction of sp³-hybridized carbons (Fsp3) is 0.105. The first-order valence-electron chi connectivity index (χ1n) is 8.18. The van der Waals surface area contributed by atoms with E-state index in [1.54, 1.807) is 24.3 Å². The molecule has 0 bridgehead atoms. The number of fused-ring (bicyclic) bond motifs is 1. The topological polar surface area (TPSA) is 107 Å². The highest BCUT2D eigenvalue weighted by atomic mass is 35.5. The number of aromatic amines is 1. The Kier molecular flexibility index (Phi) is 4.08. The third kappa shape index (κ3) is 2.92. The van der Waals surface area contributed by atoms with Crippen molar-refractivity contribution in [3.05, 3.63) is 91.9 Å². The van der Waals surface area contributed by atoms with Crippen LogP contribution in [0.25, 0.3) is 5.57 Å². The Labute approximate surface area is 159 Å². The molecule has 0 spiro atoms. The molecule has 3 N–H and O–H groups in total. The van der Waals surface area contributed by atoms with E-state index in [-0.39, 0.29) is 17.5 Å². The molecule has 4 rings (SSSR count). The normalized spacial score (nSPS) is 16.0. The van der Waals surface area contributed by atoms with Crippen molar-refractivity contribution in [2.24, 2.45) is 5.73 Å². The van der Waals surface area contributed by atoms with E-state index in [9.17, 15) is 10.1 Å². The summed E-state index contributed by atoms with van der Waals surface area (Å²) in [6.45, 7) is 1.90. The minimum atomic E-state index is -0.424. The van der Waals surface area contributed by atoms with E-state index in [1.165, 1.54) is 12.1 Å². The monoisotopic (exact) mass is 382 g/mol. The molecule has 2 heterocycles. The van der Waals surface area contributed by atoms with Crippen LogP contribution in [0.5, 0.6) is 5.88 Å². The third-order valence-electron chi connectivity index (χ3n) is 4.60. The molecule has 0 saturated carbocycles. The number of allylic oxidation sites excluding steroid dienone is 1. The summed E-state index contributed by atoms with van der Waals surface area (Å²) in [7, 11) is 0. The first kappa shape index (κ1) is 17.1. The van der Waals surface area contributed by atoms with Crippen LogP contribution in [0.4, 0.5) is 5.69 Å². The van der Waals surface area contributed by atoms with Crippen molar-refractivity contribution in [3.8, 4) is 5.88 Å². The fourth-order valence-corrected chi connectivity index (χ4v) is 3.47. The van der Waals surface area contributed by atoms with Crippen LogP contribution in [-0.4, -0.2) is 15.1 Å². The van der Waals surface area contributed by atoms with Crippen LogP contribution < -0.4 is 10.5 Å². The maximum atomic E-state index is 11.0. The predicted molar refractivity (Wildman–Crippen MR) is 101 cm³/mol. The molecule has 2 aromatic carbocycles. The van der Waals surface area contributed by atoms with Crippen LogP contribution in [0, 0.1) is 17.0 Å². The highest BCUT2D eigenvalue weighted by Gasteiger charge is 2.34. The summed E-state index contributed by atoms with van der Waals surface area (Å²) in [5.74, 6) is 0.361. The van der Waals surface area contributed by atoms with Gasteiger partial charge < -0.3 is 10.5 Å². The summed E-state index contributed by atoms with van der Waals surface area (Å²) in [5, 5.41) is 18.7. The van der Waals surface area contributed by atoms with Gasteiger partial charge in [-0.15, -0.1) is 5.10 Å². The van der Waals surface area contributed by atoms with E-state index in [0.717, 1.165) is 28.0 Å². The van der Waals surface area contributed by atoms with E-state index in [2.05, 4.69) is 10.2 Å². The van der Waals surface area contributed by atoms with Crippen molar-refractivity contribution in [2.45, 2.75) is 12.8 Å². The predicted octanol–water partition coefficient (Wildman–Crippen LogP) is 4.13. The molecule has 8 heteroatoms. The second-order valence-corrected chi connectivity index (χ2v) is 6.67. The van der Waals surface area contributed by atoms with Crippen LogP contribution >= 0.6 is 11.6 Å². The highest BCUT2D eigenvalue weighted by molar-refractivity contribution is 6.30. The van der Waals surface area contributed by atoms with Crippen molar-refractivity contribution >= 4 is 22.9 Å². The smallest absolute Gasteiger partial charge is 0.269 e. The number of halogens is 1. The van der Waals surface area contributed by atoms with Gasteiger partial charge in [-0.05, 0) is 30.2 Å². The molecule has 1 aromatic heterocycles. The number of nitrogens with zero attached hydrogens (tertiary/aromatic N) is 2. The maximum Gasteiger partial charge on any atom is 0.269 e. The SMILES string of the molecule is Cc1[nH]nc2c1C(c1ccc([N+](=O)[O-])cc1)C(c1ccc(Cl)cc1)=C(N)O2. The first-order valence-corrected chi connectivity index (χ1v) is 8.56. The fourth-order valence-electron chi connectivity index (χ4n) is 3.34. The zero-order valence-electron chi connectivity index (χ0n) is 14.3. The number of nitrogens with two attached hydrogens (primary N) is 1. The molecule has 0 aliphatic carbocycles. The van der Waals surface area contributed by atoms with Crippen molar-refractivity contribution in [1.82, 2.24) is 10.2 Å². The van der Waals surface area contributed by atoms with Gasteiger partial charge in [0.25, 0.3) is 5.69 Å². The van der Waals surface area contributed by atoms with Crippen LogP contribution in [-0.2, 0) is 0 Å². The van der Waals surface area contributed by atoms with E-state index in [0.29, 0.717) is 10.9 Å². The second kappa shape index (κ2) is 6.44. The van der Waals surface area contributed by atoms with Gasteiger partial charge in [-0.3, -0.25) is 15.2 Å². The minimum Gasteiger partial charge on any atom is -0.421 e. The molecule has 0 radical (unpaired) electrons. The molecule has 1 aliphatic rings. The minimum absolute atomic E-state index is 0.0277. The molecule has 136 valence electrons. The highest BCUT2D eigenvalue weighted by Crippen LogP contribution is 2.47. The Balaban J connectivity index is 1.91. The molecule has 1 unspecified atom stereocenters. The number of hydrogen-bond donors (Lipinski definition) is 2. The summed E-state index contributed by atoms with van der Waals surface area (Å²) in [4.78, 5) is 10.6. The number of aromatic nitrogens is 2. The zero-order chi connectivity index (χ0) is 19.1. The third-order valence-corrected chi connectivity index (χ3v) is 4.85. The number of rotatable bonds is 3. The van der Waals surface area contributed by atoms with Gasteiger partial charge >= 0.3 is 0 Å². The summed E-state index contributed by atoms with van der Waals surface area (Å²) < 4.78 is 5.74. The van der Waals surface area contributed by atoms with Crippen LogP contribution in [0.1, 0.15) is 28.3 Å². The molecule has 0 fully saturated rings. The molecule has 7 nitrogen and oxygen atoms in total. The van der Waals surface area contributed by atoms with Gasteiger partial charge in [-0.2, -0.15) is 0 Å². The number of ether oxygens (including phenoxy) is 1. The molecule has 1 atom stereocenters. The number of nitrogens with one attached hydrogen (secondary N) is 1. The molecular weight excluding hydrogens is 368 g/mol. The lowest BCUT2D eigenvalue weighted by molar-refractivity contribution is -0.384. The Bertz CT molecular complexity index is 1060. The Morgan fingerprint density at radius 1 is 1.19 bits per heavy atom. The summed E-state index contributed by atoms with van der Waals surface area (Å²) in [6.07, 6.45) is 0. The number of nitro groups is 1. The van der Waals surface area contributed by atoms with Crippen molar-refractivity contribution in [2.75, 3.05) is 0 Å². The van der Waals surface area contributed by atoms with Gasteiger partial charge in [0.05, 0.1) is 4.92 Å². The number of hydrogen-bond acceptors (Lipinski definition) is 5. The number of H-pyrrole nitrogens is 1. The average Bonchev–Trinajstić information content (AvgIpc) is 3.02. The lowest BCUT2D eigenvalue weighted by atomic mass is 9.80. The second-order valence-electron chi connectivity index (χ2n) is 6.24. The van der Waals surface area contributed by atoms with Crippen LogP contribution in [0.15, 0.2) is 54.4 Å². The van der Waals surface area contributed by atoms with Crippen LogP contribution in [0.2, 0.25) is 5.02 Å². The number of non-ortho nitro benzene ring substituents is 1. The van der Waals surface area contributed by atoms with Gasteiger partial charge in [0.2, 0.25) is 5.88 Å². The van der Waals surface area contributed by atoms with E-state index in [1.807, 2.05) is 19.1 Å². The molecule has 0 saturated heterocycles. The summed E-state index contributed by atoms with van der Waals surface area (Å²) >= 11 is 6.02. The average molecular weight is 383 g/mol. The van der Waals surface area contributed by atoms with Crippen molar-refractivity contribution < 1.29 is 9.66 Å². The van der Waals surface area contributed by atoms with E-state index in [4.69, 9.17) is 22.1 Å². The van der Waals surface area contributed by atoms with E-state index >= 15 is 0 Å². The Morgan fingerprint density at radius 3 is 2.48 bits per heavy atom. The van der Waals surface area contributed by atoms with Gasteiger partial charge in [-0.25, -0.2) is 0 Å². The van der Waals surface area contributed by atoms with E-state index < -0.39 is 4.92 Å². The lowest BCUT2D eigenvalue weighted by Crippen LogP contribution is -2.21. The first-order chi connectivity index (χ1) is 13.0. The van der Waals surface area contributed by atoms with Crippen molar-refractivity contribution in [3.63, 3.8) is 0 Å². The largest absolute Gasteiger partial charge is 0.421 e. The van der Waals surface area contributed by atoms with Gasteiger partial charge in [-0.1, -0.05) is 35.9 Å². The van der Waals surface area contributed by atoms with Gasteiger partial charge in [0, 0.05) is 39.9 Å². The standard InChI is InChI=1S/C19H15ClN4O3/c1-10-15-16(11-4-8-14(9-5-11)24(25)26)17(12-2-6-13(20)7-3-12)18(21)27-19(15)23-22-10/h2-9,16H,21H2,1H3,(H,22,23). The molecule has 1 aliphatic heterocycles. The summed E-state index contributed by atoms with van der Waals surface area (Å²) in [6, 6.07) is 13.7. The Morgan fingerprint density at radius 2 is 1.85 bits per heavy atom. The number of aryl methyl sites for hydroxylation is 1. The van der Waals surface area contributed by atoms with Crippen LogP contribution in [0.3, 0.4) is 0 Å². The maximum absolute atomic E-state index is 11.0. The molecule has 3 aromatic rings. The van der Waals surface area contributed by atoms with Gasteiger partial charge in [0.1, 0.15) is 0 Å². The summed E-state index contributed by atoms with van der Waals surface area (Å²) in [5.41, 5.74) is 10.4. The van der Waals surface area contributed by atoms with Crippen molar-refractivity contribution in [1.29, 1.82) is 0 Å². The van der Waals surface area contributed by atoms with Gasteiger partial charge in [0.15, 0.2) is 5.88 Å². The molecular formula is C19H15ClN4O3. The Hall–Kier alpha value is -3.32. The molecule has 27 heavy (non-hydrogen) atoms. The molecule has 0 amide bonds. The zero-order valence-corrected chi connectivity index (χ0v) is 15.0.